The molecule has 0 radical (unpaired) electrons. The van der Waals surface area contributed by atoms with Gasteiger partial charge in [-0.15, -0.1) is 11.3 Å². The molecule has 2 aromatic heterocycles. The van der Waals surface area contributed by atoms with Crippen LogP contribution in [0.3, 0.4) is 0 Å². The molecule has 0 bridgehead atoms. The SMILES string of the molecule is CCOC(=O)c1c(NC(=O)c2c(C)c3cc(Cl)ccc3n2CC)sc(C(=O)Nc2ccccc2)c1C. The number of hydrogen-bond donors (Lipinski definition) is 2. The molecular weight excluding hydrogens is 498 g/mol. The molecule has 0 saturated heterocycles. The predicted molar refractivity (Wildman–Crippen MR) is 145 cm³/mol. The maximum atomic E-state index is 13.6. The summed E-state index contributed by atoms with van der Waals surface area (Å²) in [4.78, 5) is 39.8. The van der Waals surface area contributed by atoms with E-state index in [4.69, 9.17) is 16.3 Å². The third kappa shape index (κ3) is 4.74. The van der Waals surface area contributed by atoms with Crippen LogP contribution in [0.5, 0.6) is 0 Å². The van der Waals surface area contributed by atoms with Crippen molar-refractivity contribution in [2.45, 2.75) is 34.2 Å². The molecule has 0 atom stereocenters. The van der Waals surface area contributed by atoms with Crippen LogP contribution in [0.25, 0.3) is 10.9 Å². The Morgan fingerprint density at radius 2 is 1.69 bits per heavy atom. The zero-order chi connectivity index (χ0) is 26.0. The van der Waals surface area contributed by atoms with Crippen LogP contribution in [0.4, 0.5) is 10.7 Å². The molecule has 0 aliphatic rings. The second kappa shape index (κ2) is 10.6. The minimum atomic E-state index is -0.597. The number of esters is 1. The Bertz CT molecular complexity index is 1470. The monoisotopic (exact) mass is 523 g/mol. The van der Waals surface area contributed by atoms with Gasteiger partial charge >= 0.3 is 5.97 Å². The maximum absolute atomic E-state index is 13.6. The molecule has 186 valence electrons. The number of carbonyl (C=O) groups excluding carboxylic acids is 3. The van der Waals surface area contributed by atoms with E-state index < -0.39 is 5.97 Å². The highest BCUT2D eigenvalue weighted by Gasteiger charge is 2.28. The van der Waals surface area contributed by atoms with Crippen molar-refractivity contribution in [1.29, 1.82) is 0 Å². The zero-order valence-electron chi connectivity index (χ0n) is 20.4. The van der Waals surface area contributed by atoms with E-state index in [1.54, 1.807) is 32.0 Å². The van der Waals surface area contributed by atoms with Crippen molar-refractivity contribution < 1.29 is 19.1 Å². The van der Waals surface area contributed by atoms with Gasteiger partial charge in [0.05, 0.1) is 17.0 Å². The number of benzene rings is 2. The number of amides is 2. The van der Waals surface area contributed by atoms with Crippen LogP contribution >= 0.6 is 22.9 Å². The predicted octanol–water partition coefficient (Wildman–Crippen LogP) is 6.67. The van der Waals surface area contributed by atoms with E-state index in [0.29, 0.717) is 33.4 Å². The number of thiophene rings is 1. The lowest BCUT2D eigenvalue weighted by Gasteiger charge is -2.10. The summed E-state index contributed by atoms with van der Waals surface area (Å²) in [6.07, 6.45) is 0. The average molecular weight is 524 g/mol. The molecule has 9 heteroatoms. The number of aryl methyl sites for hydroxylation is 2. The van der Waals surface area contributed by atoms with Gasteiger partial charge in [-0.3, -0.25) is 9.59 Å². The number of nitrogens with one attached hydrogen (secondary N) is 2. The van der Waals surface area contributed by atoms with Crippen LogP contribution in [0.15, 0.2) is 48.5 Å². The van der Waals surface area contributed by atoms with Gasteiger partial charge in [0, 0.05) is 28.2 Å². The van der Waals surface area contributed by atoms with E-state index in [2.05, 4.69) is 10.6 Å². The maximum Gasteiger partial charge on any atom is 0.341 e. The van der Waals surface area contributed by atoms with Crippen molar-refractivity contribution in [1.82, 2.24) is 4.57 Å². The molecule has 4 rings (SSSR count). The van der Waals surface area contributed by atoms with Crippen LogP contribution in [0.1, 0.15) is 55.5 Å². The van der Waals surface area contributed by atoms with Gasteiger partial charge in [-0.25, -0.2) is 4.79 Å². The number of anilines is 2. The first-order valence-electron chi connectivity index (χ1n) is 11.5. The minimum absolute atomic E-state index is 0.164. The number of halogens is 1. The molecule has 0 saturated carbocycles. The van der Waals surface area contributed by atoms with E-state index in [1.165, 1.54) is 0 Å². The summed E-state index contributed by atoms with van der Waals surface area (Å²) < 4.78 is 7.15. The number of carbonyl (C=O) groups is 3. The first kappa shape index (κ1) is 25.5. The smallest absolute Gasteiger partial charge is 0.341 e. The molecule has 2 N–H and O–H groups in total. The molecule has 0 aliphatic carbocycles. The lowest BCUT2D eigenvalue weighted by Crippen LogP contribution is -2.19. The first-order chi connectivity index (χ1) is 17.3. The summed E-state index contributed by atoms with van der Waals surface area (Å²) >= 11 is 7.24. The number of hydrogen-bond acceptors (Lipinski definition) is 5. The Kier molecular flexibility index (Phi) is 7.47. The number of para-hydroxylation sites is 1. The fourth-order valence-corrected chi connectivity index (χ4v) is 5.51. The van der Waals surface area contributed by atoms with Gasteiger partial charge in [0.25, 0.3) is 11.8 Å². The standard InChI is InChI=1S/C27H26ClN3O4S/c1-5-31-20-13-12-17(28)14-19(20)15(3)22(31)24(32)30-26-21(27(34)35-6-2)16(4)23(36-26)25(33)29-18-10-8-7-9-11-18/h7-14H,5-6H2,1-4H3,(H,29,33)(H,30,32). The van der Waals surface area contributed by atoms with Crippen LogP contribution in [0, 0.1) is 13.8 Å². The molecule has 2 aromatic carbocycles. The summed E-state index contributed by atoms with van der Waals surface area (Å²) in [6.45, 7) is 7.92. The third-order valence-electron chi connectivity index (χ3n) is 5.90. The highest BCUT2D eigenvalue weighted by Crippen LogP contribution is 2.36. The number of nitrogens with zero attached hydrogens (tertiary/aromatic N) is 1. The molecular formula is C27H26ClN3O4S. The molecule has 7 nitrogen and oxygen atoms in total. The largest absolute Gasteiger partial charge is 0.462 e. The number of rotatable bonds is 7. The second-order valence-corrected chi connectivity index (χ2v) is 9.59. The van der Waals surface area contributed by atoms with Crippen molar-refractivity contribution in [3.8, 4) is 0 Å². The van der Waals surface area contributed by atoms with Crippen LogP contribution in [-0.4, -0.2) is 29.0 Å². The van der Waals surface area contributed by atoms with E-state index in [1.807, 2.05) is 48.7 Å². The highest BCUT2D eigenvalue weighted by atomic mass is 35.5. The lowest BCUT2D eigenvalue weighted by atomic mass is 10.1. The Morgan fingerprint density at radius 1 is 0.972 bits per heavy atom. The van der Waals surface area contributed by atoms with Gasteiger partial charge < -0.3 is 19.9 Å². The van der Waals surface area contributed by atoms with Gasteiger partial charge in [0.15, 0.2) is 0 Å². The van der Waals surface area contributed by atoms with Crippen molar-refractivity contribution in [2.75, 3.05) is 17.2 Å². The Balaban J connectivity index is 1.75. The molecule has 0 fully saturated rings. The zero-order valence-corrected chi connectivity index (χ0v) is 22.0. The van der Waals surface area contributed by atoms with Crippen LogP contribution < -0.4 is 10.6 Å². The fourth-order valence-electron chi connectivity index (χ4n) is 4.25. The molecule has 2 amide bonds. The normalized spacial score (nSPS) is 10.9. The van der Waals surface area contributed by atoms with Gasteiger partial charge in [-0.05, 0) is 69.2 Å². The molecule has 4 aromatic rings. The number of fused-ring (bicyclic) bond motifs is 1. The third-order valence-corrected chi connectivity index (χ3v) is 7.34. The molecule has 2 heterocycles. The summed E-state index contributed by atoms with van der Waals surface area (Å²) in [5.41, 5.74) is 3.38. The highest BCUT2D eigenvalue weighted by molar-refractivity contribution is 7.19. The minimum Gasteiger partial charge on any atom is -0.462 e. The van der Waals surface area contributed by atoms with Gasteiger partial charge in [-0.1, -0.05) is 29.8 Å². The van der Waals surface area contributed by atoms with Gasteiger partial charge in [0.2, 0.25) is 0 Å². The summed E-state index contributed by atoms with van der Waals surface area (Å²) in [7, 11) is 0. The molecule has 36 heavy (non-hydrogen) atoms. The van der Waals surface area contributed by atoms with E-state index in [-0.39, 0.29) is 29.0 Å². The molecule has 0 aliphatic heterocycles. The number of aromatic nitrogens is 1. The summed E-state index contributed by atoms with van der Waals surface area (Å²) in [6, 6.07) is 14.5. The summed E-state index contributed by atoms with van der Waals surface area (Å²) in [5, 5.41) is 7.44. The van der Waals surface area contributed by atoms with Crippen molar-refractivity contribution in [3.05, 3.63) is 80.8 Å². The van der Waals surface area contributed by atoms with Gasteiger partial charge in [-0.2, -0.15) is 0 Å². The fraction of sp³-hybridized carbons (Fsp3) is 0.222. The Labute approximate surface area is 218 Å². The van der Waals surface area contributed by atoms with Crippen LogP contribution in [0.2, 0.25) is 5.02 Å². The Hall–Kier alpha value is -3.62. The average Bonchev–Trinajstić information content (AvgIpc) is 3.33. The van der Waals surface area contributed by atoms with Crippen molar-refractivity contribution >= 4 is 62.3 Å². The van der Waals surface area contributed by atoms with E-state index in [9.17, 15) is 14.4 Å². The lowest BCUT2D eigenvalue weighted by molar-refractivity contribution is 0.0527. The van der Waals surface area contributed by atoms with Gasteiger partial charge in [0.1, 0.15) is 10.7 Å². The van der Waals surface area contributed by atoms with Crippen molar-refractivity contribution in [3.63, 3.8) is 0 Å². The molecule has 0 unspecified atom stereocenters. The topological polar surface area (TPSA) is 89.4 Å². The quantitative estimate of drug-likeness (QED) is 0.264. The van der Waals surface area contributed by atoms with E-state index >= 15 is 0 Å². The Morgan fingerprint density at radius 3 is 2.36 bits per heavy atom. The second-order valence-electron chi connectivity index (χ2n) is 8.13. The summed E-state index contributed by atoms with van der Waals surface area (Å²) in [5.74, 6) is -1.36. The first-order valence-corrected chi connectivity index (χ1v) is 12.7. The van der Waals surface area contributed by atoms with Crippen LogP contribution in [-0.2, 0) is 11.3 Å². The van der Waals surface area contributed by atoms with E-state index in [0.717, 1.165) is 27.8 Å². The van der Waals surface area contributed by atoms with Crippen molar-refractivity contribution in [2.24, 2.45) is 0 Å². The number of ether oxygens (including phenoxy) is 1. The molecule has 0 spiro atoms.